The van der Waals surface area contributed by atoms with Crippen LogP contribution in [0, 0.1) is 0 Å². The molecular weight excluding hydrogens is 350 g/mol. The molecule has 0 aliphatic carbocycles. The van der Waals surface area contributed by atoms with Crippen LogP contribution in [0.3, 0.4) is 0 Å². The van der Waals surface area contributed by atoms with E-state index in [4.69, 9.17) is 11.6 Å². The Morgan fingerprint density at radius 2 is 0.852 bits per heavy atom. The molecule has 0 fully saturated rings. The molecule has 0 aliphatic rings. The summed E-state index contributed by atoms with van der Waals surface area (Å²) < 4.78 is 0.576. The lowest BCUT2D eigenvalue weighted by atomic mass is 10.1. The Balaban J connectivity index is 2.02. The van der Waals surface area contributed by atoms with Gasteiger partial charge in [0.2, 0.25) is 0 Å². The third-order valence-corrected chi connectivity index (χ3v) is 5.32. The van der Waals surface area contributed by atoms with Crippen LogP contribution in [-0.2, 0) is 6.54 Å². The number of halogens is 1. The quantitative estimate of drug-likeness (QED) is 0.319. The molecule has 0 N–H and O–H groups in total. The second-order valence-electron chi connectivity index (χ2n) is 6.57. The van der Waals surface area contributed by atoms with E-state index < -0.39 is 0 Å². The predicted molar refractivity (Wildman–Crippen MR) is 116 cm³/mol. The Hall–Kier alpha value is -2.87. The van der Waals surface area contributed by atoms with Gasteiger partial charge in [0.25, 0.3) is 0 Å². The molecule has 0 radical (unpaired) electrons. The molecule has 132 valence electrons. The summed E-state index contributed by atoms with van der Waals surface area (Å²) in [6, 6.07) is 40.0. The Labute approximate surface area is 165 Å². The predicted octanol–water partition coefficient (Wildman–Crippen LogP) is 7.51. The molecule has 0 unspecified atom stereocenters. The molecule has 0 bridgehead atoms. The number of rotatable bonds is 5. The number of hydrogen-bond donors (Lipinski definition) is 0. The van der Waals surface area contributed by atoms with Crippen LogP contribution in [0.1, 0.15) is 5.56 Å². The van der Waals surface area contributed by atoms with Crippen LogP contribution in [-0.4, -0.2) is 0 Å². The number of para-hydroxylation sites is 3. The van der Waals surface area contributed by atoms with Gasteiger partial charge in [-0.25, -0.2) is 4.48 Å². The molecule has 0 aliphatic heterocycles. The number of quaternary nitrogens is 1. The van der Waals surface area contributed by atoms with Crippen LogP contribution < -0.4 is 4.48 Å². The van der Waals surface area contributed by atoms with E-state index in [0.29, 0.717) is 4.48 Å². The van der Waals surface area contributed by atoms with Crippen molar-refractivity contribution in [2.24, 2.45) is 0 Å². The van der Waals surface area contributed by atoms with Crippen molar-refractivity contribution in [2.45, 2.75) is 6.54 Å². The fraction of sp³-hybridized carbons (Fsp3) is 0.0400. The van der Waals surface area contributed by atoms with Gasteiger partial charge < -0.3 is 0 Å². The molecule has 0 aromatic heterocycles. The number of nitrogens with zero attached hydrogens (tertiary/aromatic N) is 1. The molecule has 0 saturated heterocycles. The summed E-state index contributed by atoms with van der Waals surface area (Å²) in [5.74, 6) is 0. The monoisotopic (exact) mass is 370 g/mol. The summed E-state index contributed by atoms with van der Waals surface area (Å²) >= 11 is 6.58. The average molecular weight is 371 g/mol. The molecule has 4 aromatic rings. The SMILES string of the molecule is Clc1ccccc1C[N+](c1ccccc1)(c1ccccc1)c1ccccc1. The summed E-state index contributed by atoms with van der Waals surface area (Å²) in [5, 5.41) is 0.794. The van der Waals surface area contributed by atoms with Crippen molar-refractivity contribution in [3.8, 4) is 0 Å². The van der Waals surface area contributed by atoms with E-state index in [9.17, 15) is 0 Å². The highest BCUT2D eigenvalue weighted by atomic mass is 35.5. The Kier molecular flexibility index (Phi) is 5.06. The summed E-state index contributed by atoms with van der Waals surface area (Å²) in [6.07, 6.45) is 0. The fourth-order valence-electron chi connectivity index (χ4n) is 3.65. The molecule has 4 aromatic carbocycles. The van der Waals surface area contributed by atoms with Gasteiger partial charge in [0.05, 0.1) is 0 Å². The largest absolute Gasteiger partial charge is 0.223 e. The lowest BCUT2D eigenvalue weighted by Gasteiger charge is -2.37. The maximum absolute atomic E-state index is 6.58. The van der Waals surface area contributed by atoms with Crippen LogP contribution in [0.15, 0.2) is 115 Å². The first kappa shape index (κ1) is 17.5. The van der Waals surface area contributed by atoms with Crippen LogP contribution in [0.4, 0.5) is 17.1 Å². The third kappa shape index (κ3) is 3.40. The molecule has 0 saturated carbocycles. The molecule has 0 spiro atoms. The molecule has 0 heterocycles. The second-order valence-corrected chi connectivity index (χ2v) is 6.97. The summed E-state index contributed by atoms with van der Waals surface area (Å²) in [6.45, 7) is 0.734. The van der Waals surface area contributed by atoms with E-state index in [0.717, 1.165) is 17.1 Å². The minimum Gasteiger partial charge on any atom is -0.223 e. The van der Waals surface area contributed by atoms with Gasteiger partial charge in [-0.15, -0.1) is 0 Å². The number of benzene rings is 4. The summed E-state index contributed by atoms with van der Waals surface area (Å²) in [4.78, 5) is 0. The standard InChI is InChI=1S/C25H21ClN/c26-25-19-11-10-12-21(25)20-27(22-13-4-1-5-14-22,23-15-6-2-7-16-23)24-17-8-3-9-18-24/h1-19H,20H2/q+1. The summed E-state index contributed by atoms with van der Waals surface area (Å²) in [5.41, 5.74) is 4.73. The molecule has 27 heavy (non-hydrogen) atoms. The number of hydrogen-bond acceptors (Lipinski definition) is 0. The lowest BCUT2D eigenvalue weighted by Crippen LogP contribution is -2.38. The van der Waals surface area contributed by atoms with Crippen LogP contribution in [0.5, 0.6) is 0 Å². The first-order valence-corrected chi connectivity index (χ1v) is 9.47. The van der Waals surface area contributed by atoms with Crippen molar-refractivity contribution < 1.29 is 0 Å². The maximum Gasteiger partial charge on any atom is 0.143 e. The second kappa shape index (κ2) is 7.79. The molecular formula is C25H21ClN+. The zero-order valence-corrected chi connectivity index (χ0v) is 15.8. The van der Waals surface area contributed by atoms with E-state index in [-0.39, 0.29) is 0 Å². The molecule has 0 amide bonds. The van der Waals surface area contributed by atoms with Crippen LogP contribution in [0.2, 0.25) is 5.02 Å². The van der Waals surface area contributed by atoms with E-state index in [1.165, 1.54) is 17.1 Å². The van der Waals surface area contributed by atoms with Gasteiger partial charge in [0.15, 0.2) is 0 Å². The topological polar surface area (TPSA) is 0 Å². The van der Waals surface area contributed by atoms with E-state index in [1.807, 2.05) is 12.1 Å². The maximum atomic E-state index is 6.58. The normalized spacial score (nSPS) is 11.3. The highest BCUT2D eigenvalue weighted by Gasteiger charge is 2.36. The third-order valence-electron chi connectivity index (χ3n) is 4.96. The van der Waals surface area contributed by atoms with Crippen molar-refractivity contribution in [3.63, 3.8) is 0 Å². The van der Waals surface area contributed by atoms with Crippen molar-refractivity contribution in [1.29, 1.82) is 0 Å². The zero-order chi connectivity index (χ0) is 18.5. The highest BCUT2D eigenvalue weighted by Crippen LogP contribution is 2.45. The molecule has 4 rings (SSSR count). The van der Waals surface area contributed by atoms with Crippen molar-refractivity contribution in [2.75, 3.05) is 0 Å². The van der Waals surface area contributed by atoms with Gasteiger partial charge in [-0.05, 0) is 42.5 Å². The van der Waals surface area contributed by atoms with E-state index in [2.05, 4.69) is 103 Å². The van der Waals surface area contributed by atoms with Crippen molar-refractivity contribution in [1.82, 2.24) is 4.48 Å². The zero-order valence-electron chi connectivity index (χ0n) is 15.0. The average Bonchev–Trinajstić information content (AvgIpc) is 2.75. The smallest absolute Gasteiger partial charge is 0.143 e. The van der Waals surface area contributed by atoms with Gasteiger partial charge in [-0.3, -0.25) is 0 Å². The minimum atomic E-state index is 0.576. The summed E-state index contributed by atoms with van der Waals surface area (Å²) in [7, 11) is 0. The van der Waals surface area contributed by atoms with Crippen LogP contribution in [0.25, 0.3) is 0 Å². The molecule has 0 atom stereocenters. The Morgan fingerprint density at radius 3 is 1.26 bits per heavy atom. The molecule has 2 heteroatoms. The van der Waals surface area contributed by atoms with E-state index >= 15 is 0 Å². The van der Waals surface area contributed by atoms with Gasteiger partial charge in [0, 0.05) is 10.6 Å². The van der Waals surface area contributed by atoms with E-state index in [1.54, 1.807) is 0 Å². The van der Waals surface area contributed by atoms with Gasteiger partial charge >= 0.3 is 0 Å². The lowest BCUT2D eigenvalue weighted by molar-refractivity contribution is 0.512. The van der Waals surface area contributed by atoms with Crippen molar-refractivity contribution in [3.05, 3.63) is 126 Å². The molecule has 1 nitrogen and oxygen atoms in total. The van der Waals surface area contributed by atoms with Gasteiger partial charge in [-0.2, -0.15) is 0 Å². The Bertz CT molecular complexity index is 901. The minimum absolute atomic E-state index is 0.576. The first-order valence-electron chi connectivity index (χ1n) is 9.09. The highest BCUT2D eigenvalue weighted by molar-refractivity contribution is 6.31. The van der Waals surface area contributed by atoms with Gasteiger partial charge in [-0.1, -0.05) is 84.4 Å². The van der Waals surface area contributed by atoms with Gasteiger partial charge in [0.1, 0.15) is 23.6 Å². The van der Waals surface area contributed by atoms with Crippen LogP contribution >= 0.6 is 11.6 Å². The van der Waals surface area contributed by atoms with Crippen molar-refractivity contribution >= 4 is 28.7 Å². The Morgan fingerprint density at radius 1 is 0.481 bits per heavy atom. The fourth-order valence-corrected chi connectivity index (χ4v) is 3.85. The first-order chi connectivity index (χ1) is 13.3.